The monoisotopic (exact) mass is 497 g/mol. The van der Waals surface area contributed by atoms with Crippen LogP contribution >= 0.6 is 0 Å². The molecule has 0 spiro atoms. The molecule has 2 heterocycles. The number of carbonyl (C=O) groups is 3. The predicted molar refractivity (Wildman–Crippen MR) is 133 cm³/mol. The smallest absolute Gasteiger partial charge is 0.273 e. The van der Waals surface area contributed by atoms with Gasteiger partial charge in [-0.3, -0.25) is 19.1 Å². The zero-order valence-corrected chi connectivity index (χ0v) is 21.4. The van der Waals surface area contributed by atoms with E-state index < -0.39 is 11.4 Å². The second kappa shape index (κ2) is 10.6. The fraction of sp³-hybridized carbons (Fsp3) is 0.538. The highest BCUT2D eigenvalue weighted by Crippen LogP contribution is 2.29. The van der Waals surface area contributed by atoms with E-state index in [4.69, 9.17) is 9.47 Å². The molecule has 1 atom stereocenters. The zero-order chi connectivity index (χ0) is 25.9. The summed E-state index contributed by atoms with van der Waals surface area (Å²) in [5.41, 5.74) is 0.181. The van der Waals surface area contributed by atoms with Crippen LogP contribution in [0.4, 0.5) is 0 Å². The lowest BCUT2D eigenvalue weighted by Crippen LogP contribution is -2.64. The first kappa shape index (κ1) is 25.5. The van der Waals surface area contributed by atoms with Crippen LogP contribution in [-0.2, 0) is 17.9 Å². The van der Waals surface area contributed by atoms with Crippen LogP contribution < -0.4 is 20.1 Å². The van der Waals surface area contributed by atoms with E-state index in [0.717, 1.165) is 31.2 Å². The summed E-state index contributed by atoms with van der Waals surface area (Å²) in [5, 5.41) is 10.4. The minimum absolute atomic E-state index is 0.132. The molecule has 0 saturated heterocycles. The lowest BCUT2D eigenvalue weighted by molar-refractivity contribution is -0.133. The normalized spacial score (nSPS) is 19.7. The number of carbonyl (C=O) groups excluding carboxylic acids is 3. The van der Waals surface area contributed by atoms with Crippen LogP contribution in [0.3, 0.4) is 0 Å². The number of likely N-dealkylation sites (N-methyl/N-ethyl adjacent to an activating group) is 1. The molecular weight excluding hydrogens is 462 g/mol. The van der Waals surface area contributed by atoms with E-state index in [1.165, 1.54) is 10.7 Å². The van der Waals surface area contributed by atoms with Crippen molar-refractivity contribution in [1.82, 2.24) is 25.3 Å². The Hall–Kier alpha value is -3.56. The minimum atomic E-state index is -1.08. The van der Waals surface area contributed by atoms with E-state index in [0.29, 0.717) is 30.3 Å². The Bertz CT molecular complexity index is 1140. The molecule has 0 unspecified atom stereocenters. The highest BCUT2D eigenvalue weighted by atomic mass is 16.5. The van der Waals surface area contributed by atoms with E-state index in [1.807, 2.05) is 19.9 Å². The van der Waals surface area contributed by atoms with Gasteiger partial charge >= 0.3 is 0 Å². The third-order valence-corrected chi connectivity index (χ3v) is 7.01. The molecule has 1 fully saturated rings. The maximum Gasteiger partial charge on any atom is 0.273 e. The largest absolute Gasteiger partial charge is 0.493 e. The Morgan fingerprint density at radius 1 is 1.17 bits per heavy atom. The van der Waals surface area contributed by atoms with Crippen LogP contribution in [-0.4, -0.2) is 64.2 Å². The molecule has 0 radical (unpaired) electrons. The molecule has 10 nitrogen and oxygen atoms in total. The van der Waals surface area contributed by atoms with E-state index in [-0.39, 0.29) is 36.6 Å². The molecule has 0 bridgehead atoms. The van der Waals surface area contributed by atoms with Gasteiger partial charge in [0.05, 0.1) is 20.3 Å². The van der Waals surface area contributed by atoms with E-state index in [1.54, 1.807) is 31.1 Å². The van der Waals surface area contributed by atoms with Crippen LogP contribution in [0.15, 0.2) is 24.3 Å². The summed E-state index contributed by atoms with van der Waals surface area (Å²) in [5.74, 6) is 0.326. The van der Waals surface area contributed by atoms with Crippen molar-refractivity contribution in [2.24, 2.45) is 0 Å². The van der Waals surface area contributed by atoms with Crippen LogP contribution in [0.5, 0.6) is 11.5 Å². The summed E-state index contributed by atoms with van der Waals surface area (Å²) in [6.07, 6.45) is 4.12. The SMILES string of the molecule is CCOc1ccc(CNC(=O)c2cc3n(n2)C[C@@](C)(C(=O)NC2CCCC2)N(CC)C3=O)cc1OC. The number of hydrogen-bond donors (Lipinski definition) is 2. The Labute approximate surface area is 211 Å². The van der Waals surface area contributed by atoms with Crippen LogP contribution in [0.25, 0.3) is 0 Å². The Morgan fingerprint density at radius 3 is 2.58 bits per heavy atom. The summed E-state index contributed by atoms with van der Waals surface area (Å²) in [6.45, 7) is 6.84. The van der Waals surface area contributed by atoms with Gasteiger partial charge in [0.25, 0.3) is 11.8 Å². The number of nitrogens with one attached hydrogen (secondary N) is 2. The third kappa shape index (κ3) is 4.89. The van der Waals surface area contributed by atoms with Gasteiger partial charge in [-0.25, -0.2) is 0 Å². The second-order valence-electron chi connectivity index (χ2n) is 9.45. The highest BCUT2D eigenvalue weighted by molar-refractivity contribution is 6.01. The summed E-state index contributed by atoms with van der Waals surface area (Å²) in [4.78, 5) is 41.0. The van der Waals surface area contributed by atoms with Crippen molar-refractivity contribution in [2.45, 2.75) is 71.1 Å². The summed E-state index contributed by atoms with van der Waals surface area (Å²) in [7, 11) is 1.56. The third-order valence-electron chi connectivity index (χ3n) is 7.01. The summed E-state index contributed by atoms with van der Waals surface area (Å²) >= 11 is 0. The number of benzene rings is 1. The summed E-state index contributed by atoms with van der Waals surface area (Å²) in [6, 6.07) is 7.09. The molecule has 1 aromatic heterocycles. The number of ether oxygens (including phenoxy) is 2. The molecule has 2 aromatic rings. The van der Waals surface area contributed by atoms with Crippen molar-refractivity contribution in [3.63, 3.8) is 0 Å². The Balaban J connectivity index is 1.48. The lowest BCUT2D eigenvalue weighted by Gasteiger charge is -2.43. The summed E-state index contributed by atoms with van der Waals surface area (Å²) < 4.78 is 12.4. The van der Waals surface area contributed by atoms with Gasteiger partial charge in [-0.05, 0) is 51.3 Å². The minimum Gasteiger partial charge on any atom is -0.493 e. The first-order chi connectivity index (χ1) is 17.3. The fourth-order valence-corrected chi connectivity index (χ4v) is 5.03. The first-order valence-corrected chi connectivity index (χ1v) is 12.6. The van der Waals surface area contributed by atoms with Crippen molar-refractivity contribution in [3.05, 3.63) is 41.2 Å². The molecule has 2 aliphatic rings. The average molecular weight is 498 g/mol. The van der Waals surface area contributed by atoms with Crippen LogP contribution in [0, 0.1) is 0 Å². The number of rotatable bonds is 9. The van der Waals surface area contributed by atoms with Gasteiger partial charge in [0.2, 0.25) is 5.91 Å². The number of aromatic nitrogens is 2. The fourth-order valence-electron chi connectivity index (χ4n) is 5.03. The predicted octanol–water partition coefficient (Wildman–Crippen LogP) is 2.51. The van der Waals surface area contributed by atoms with Crippen LogP contribution in [0.1, 0.15) is 73.0 Å². The standard InChI is InChI=1S/C26H35N5O5/c1-5-30-24(33)20-14-19(23(32)27-15-17-11-12-21(36-6-2)22(13-17)35-4)29-31(20)16-26(30,3)25(34)28-18-9-7-8-10-18/h11-14,18H,5-10,15-16H2,1-4H3,(H,27,32)(H,28,34)/t26-/m0/s1. The highest BCUT2D eigenvalue weighted by Gasteiger charge is 2.48. The Morgan fingerprint density at radius 2 is 1.92 bits per heavy atom. The van der Waals surface area contributed by atoms with Crippen LogP contribution in [0.2, 0.25) is 0 Å². The second-order valence-corrected chi connectivity index (χ2v) is 9.45. The number of nitrogens with zero attached hydrogens (tertiary/aromatic N) is 3. The molecule has 1 aliphatic heterocycles. The van der Waals surface area contributed by atoms with E-state index in [2.05, 4.69) is 15.7 Å². The van der Waals surface area contributed by atoms with Gasteiger partial charge in [-0.1, -0.05) is 18.9 Å². The molecule has 1 saturated carbocycles. The zero-order valence-electron chi connectivity index (χ0n) is 21.4. The molecule has 194 valence electrons. The molecule has 1 aliphatic carbocycles. The molecule has 3 amide bonds. The molecule has 2 N–H and O–H groups in total. The first-order valence-electron chi connectivity index (χ1n) is 12.6. The van der Waals surface area contributed by atoms with Crippen molar-refractivity contribution in [3.8, 4) is 11.5 Å². The van der Waals surface area contributed by atoms with E-state index in [9.17, 15) is 14.4 Å². The topological polar surface area (TPSA) is 115 Å². The van der Waals surface area contributed by atoms with Crippen molar-refractivity contribution >= 4 is 17.7 Å². The van der Waals surface area contributed by atoms with Crippen molar-refractivity contribution in [1.29, 1.82) is 0 Å². The quantitative estimate of drug-likeness (QED) is 0.550. The average Bonchev–Trinajstić information content (AvgIpc) is 3.53. The van der Waals surface area contributed by atoms with Gasteiger partial charge in [-0.15, -0.1) is 0 Å². The van der Waals surface area contributed by atoms with Crippen molar-refractivity contribution in [2.75, 3.05) is 20.3 Å². The molecule has 10 heteroatoms. The van der Waals surface area contributed by atoms with Gasteiger partial charge in [0.15, 0.2) is 17.2 Å². The molecular formula is C26H35N5O5. The van der Waals surface area contributed by atoms with Gasteiger partial charge in [-0.2, -0.15) is 5.10 Å². The number of methoxy groups -OCH3 is 1. The lowest BCUT2D eigenvalue weighted by atomic mass is 9.94. The molecule has 36 heavy (non-hydrogen) atoms. The number of fused-ring (bicyclic) bond motifs is 1. The molecule has 1 aromatic carbocycles. The van der Waals surface area contributed by atoms with Gasteiger partial charge < -0.3 is 25.0 Å². The number of amides is 3. The maximum absolute atomic E-state index is 13.3. The Kier molecular flexibility index (Phi) is 7.51. The maximum atomic E-state index is 13.3. The van der Waals surface area contributed by atoms with E-state index >= 15 is 0 Å². The molecule has 4 rings (SSSR count). The van der Waals surface area contributed by atoms with Crippen molar-refractivity contribution < 1.29 is 23.9 Å². The number of hydrogen-bond acceptors (Lipinski definition) is 6. The van der Waals surface area contributed by atoms with Gasteiger partial charge in [0, 0.05) is 25.2 Å². The van der Waals surface area contributed by atoms with Gasteiger partial charge in [0.1, 0.15) is 11.2 Å².